The van der Waals surface area contributed by atoms with E-state index in [1.165, 1.54) is 23.3 Å². The minimum atomic E-state index is -0.562. The van der Waals surface area contributed by atoms with Crippen LogP contribution in [0, 0.1) is 0 Å². The van der Waals surface area contributed by atoms with Crippen LogP contribution in [0.15, 0.2) is 35.7 Å². The molecular weight excluding hydrogens is 290 g/mol. The fourth-order valence-electron chi connectivity index (χ4n) is 2.81. The van der Waals surface area contributed by atoms with Gasteiger partial charge in [0, 0.05) is 28.0 Å². The Morgan fingerprint density at radius 1 is 1.35 bits per heavy atom. The fourth-order valence-corrected chi connectivity index (χ4v) is 4.06. The predicted molar refractivity (Wildman–Crippen MR) is 84.4 cm³/mol. The van der Waals surface area contributed by atoms with Gasteiger partial charge in [-0.2, -0.15) is 0 Å². The minimum absolute atomic E-state index is 0.363. The van der Waals surface area contributed by atoms with E-state index in [9.17, 15) is 5.11 Å². The van der Waals surface area contributed by atoms with E-state index >= 15 is 0 Å². The third-order valence-electron chi connectivity index (χ3n) is 3.87. The molecule has 1 aliphatic carbocycles. The summed E-state index contributed by atoms with van der Waals surface area (Å²) in [6.45, 7) is 0.531. The van der Waals surface area contributed by atoms with E-state index in [2.05, 4.69) is 16.8 Å². The molecule has 0 bridgehead atoms. The van der Waals surface area contributed by atoms with Gasteiger partial charge in [0.2, 0.25) is 0 Å². The molecule has 2 aromatic rings. The second-order valence-electron chi connectivity index (χ2n) is 5.19. The number of nitrogens with one attached hydrogen (secondary N) is 1. The molecule has 1 aliphatic rings. The zero-order valence-electron chi connectivity index (χ0n) is 11.2. The standard InChI is InChI=1S/C16H18ClNOS/c17-13-5-2-1-4-11(13)15(19)10-18-14-6-3-7-16-12(14)8-9-20-16/h1-2,4-5,8-9,14-15,18-19H,3,6-7,10H2. The molecule has 1 aromatic heterocycles. The van der Waals surface area contributed by atoms with Crippen LogP contribution in [-0.2, 0) is 6.42 Å². The molecule has 0 spiro atoms. The van der Waals surface area contributed by atoms with Gasteiger partial charge in [-0.1, -0.05) is 29.8 Å². The van der Waals surface area contributed by atoms with Crippen LogP contribution in [0.4, 0.5) is 0 Å². The molecule has 1 heterocycles. The lowest BCUT2D eigenvalue weighted by Gasteiger charge is -2.25. The topological polar surface area (TPSA) is 32.3 Å². The lowest BCUT2D eigenvalue weighted by atomic mass is 9.94. The van der Waals surface area contributed by atoms with E-state index < -0.39 is 6.10 Å². The second kappa shape index (κ2) is 6.27. The monoisotopic (exact) mass is 307 g/mol. The van der Waals surface area contributed by atoms with Crippen molar-refractivity contribution in [2.75, 3.05) is 6.54 Å². The van der Waals surface area contributed by atoms with Gasteiger partial charge in [0.1, 0.15) is 0 Å². The fraction of sp³-hybridized carbons (Fsp3) is 0.375. The number of aliphatic hydroxyl groups excluding tert-OH is 1. The van der Waals surface area contributed by atoms with Crippen molar-refractivity contribution in [2.45, 2.75) is 31.4 Å². The highest BCUT2D eigenvalue weighted by atomic mass is 35.5. The molecule has 0 amide bonds. The normalized spacial score (nSPS) is 19.6. The smallest absolute Gasteiger partial charge is 0.0928 e. The molecule has 1 aromatic carbocycles. The first-order valence-corrected chi connectivity index (χ1v) is 8.23. The van der Waals surface area contributed by atoms with Crippen LogP contribution in [0.5, 0.6) is 0 Å². The molecule has 20 heavy (non-hydrogen) atoms. The Kier molecular flexibility index (Phi) is 4.41. The molecule has 2 atom stereocenters. The van der Waals surface area contributed by atoms with Crippen LogP contribution in [0.25, 0.3) is 0 Å². The average Bonchev–Trinajstić information content (AvgIpc) is 2.94. The quantitative estimate of drug-likeness (QED) is 0.891. The van der Waals surface area contributed by atoms with Crippen molar-refractivity contribution in [1.82, 2.24) is 5.32 Å². The van der Waals surface area contributed by atoms with E-state index in [0.29, 0.717) is 17.6 Å². The van der Waals surface area contributed by atoms with Crippen molar-refractivity contribution in [1.29, 1.82) is 0 Å². The van der Waals surface area contributed by atoms with E-state index in [4.69, 9.17) is 11.6 Å². The highest BCUT2D eigenvalue weighted by Crippen LogP contribution is 2.33. The molecular formula is C16H18ClNOS. The zero-order chi connectivity index (χ0) is 13.9. The summed E-state index contributed by atoms with van der Waals surface area (Å²) in [7, 11) is 0. The van der Waals surface area contributed by atoms with Gasteiger partial charge in [-0.25, -0.2) is 0 Å². The van der Waals surface area contributed by atoms with Crippen LogP contribution in [-0.4, -0.2) is 11.7 Å². The van der Waals surface area contributed by atoms with Crippen LogP contribution in [0.3, 0.4) is 0 Å². The molecule has 0 saturated heterocycles. The summed E-state index contributed by atoms with van der Waals surface area (Å²) < 4.78 is 0. The summed E-state index contributed by atoms with van der Waals surface area (Å²) in [6, 6.07) is 10.1. The highest BCUT2D eigenvalue weighted by Gasteiger charge is 2.22. The van der Waals surface area contributed by atoms with Gasteiger partial charge >= 0.3 is 0 Å². The van der Waals surface area contributed by atoms with E-state index in [-0.39, 0.29) is 0 Å². The van der Waals surface area contributed by atoms with Crippen molar-refractivity contribution < 1.29 is 5.11 Å². The molecule has 2 N–H and O–H groups in total. The maximum atomic E-state index is 10.3. The van der Waals surface area contributed by atoms with Gasteiger partial charge < -0.3 is 10.4 Å². The molecule has 0 fully saturated rings. The van der Waals surface area contributed by atoms with Crippen molar-refractivity contribution in [2.24, 2.45) is 0 Å². The van der Waals surface area contributed by atoms with Gasteiger partial charge in [0.25, 0.3) is 0 Å². The maximum absolute atomic E-state index is 10.3. The second-order valence-corrected chi connectivity index (χ2v) is 6.60. The van der Waals surface area contributed by atoms with E-state index in [1.54, 1.807) is 0 Å². The largest absolute Gasteiger partial charge is 0.387 e. The van der Waals surface area contributed by atoms with Crippen LogP contribution >= 0.6 is 22.9 Å². The van der Waals surface area contributed by atoms with Gasteiger partial charge in [-0.15, -0.1) is 11.3 Å². The molecule has 0 saturated carbocycles. The number of benzene rings is 1. The summed E-state index contributed by atoms with van der Waals surface area (Å²) in [5, 5.41) is 16.6. The Morgan fingerprint density at radius 3 is 3.05 bits per heavy atom. The first-order valence-electron chi connectivity index (χ1n) is 6.98. The number of fused-ring (bicyclic) bond motifs is 1. The third kappa shape index (κ3) is 2.91. The van der Waals surface area contributed by atoms with Crippen molar-refractivity contribution >= 4 is 22.9 Å². The summed E-state index contributed by atoms with van der Waals surface area (Å²) in [5.41, 5.74) is 2.20. The van der Waals surface area contributed by atoms with Crippen molar-refractivity contribution in [3.8, 4) is 0 Å². The lowest BCUT2D eigenvalue weighted by Crippen LogP contribution is -2.28. The first-order chi connectivity index (χ1) is 9.75. The number of hydrogen-bond acceptors (Lipinski definition) is 3. The Balaban J connectivity index is 1.65. The molecule has 4 heteroatoms. The zero-order valence-corrected chi connectivity index (χ0v) is 12.8. The maximum Gasteiger partial charge on any atom is 0.0928 e. The Hall–Kier alpha value is -0.870. The van der Waals surface area contributed by atoms with Gasteiger partial charge in [0.15, 0.2) is 0 Å². The number of hydrogen-bond donors (Lipinski definition) is 2. The molecule has 2 unspecified atom stereocenters. The highest BCUT2D eigenvalue weighted by molar-refractivity contribution is 7.10. The number of halogens is 1. The summed E-state index contributed by atoms with van der Waals surface area (Å²) in [5.74, 6) is 0. The van der Waals surface area contributed by atoms with Gasteiger partial charge in [-0.3, -0.25) is 0 Å². The van der Waals surface area contributed by atoms with E-state index in [0.717, 1.165) is 12.0 Å². The van der Waals surface area contributed by atoms with Crippen LogP contribution in [0.2, 0.25) is 5.02 Å². The SMILES string of the molecule is OC(CNC1CCCc2sccc21)c1ccccc1Cl. The molecule has 2 nitrogen and oxygen atoms in total. The van der Waals surface area contributed by atoms with Crippen molar-refractivity contribution in [3.63, 3.8) is 0 Å². The number of rotatable bonds is 4. The molecule has 0 aliphatic heterocycles. The Labute approximate surface area is 128 Å². The molecule has 106 valence electrons. The van der Waals surface area contributed by atoms with Crippen molar-refractivity contribution in [3.05, 3.63) is 56.7 Å². The molecule has 3 rings (SSSR count). The van der Waals surface area contributed by atoms with Gasteiger partial charge in [0.05, 0.1) is 6.10 Å². The van der Waals surface area contributed by atoms with Crippen LogP contribution < -0.4 is 5.32 Å². The summed E-state index contributed by atoms with van der Waals surface area (Å²) in [4.78, 5) is 1.49. The Morgan fingerprint density at radius 2 is 2.20 bits per heavy atom. The number of thiophene rings is 1. The summed E-state index contributed by atoms with van der Waals surface area (Å²) in [6.07, 6.45) is 2.98. The third-order valence-corrected chi connectivity index (χ3v) is 5.21. The Bertz CT molecular complexity index is 583. The van der Waals surface area contributed by atoms with Gasteiger partial charge in [-0.05, 0) is 42.3 Å². The number of aliphatic hydroxyl groups is 1. The predicted octanol–water partition coefficient (Wildman–Crippen LogP) is 4.10. The summed E-state index contributed by atoms with van der Waals surface area (Å²) >= 11 is 7.96. The minimum Gasteiger partial charge on any atom is -0.387 e. The number of aryl methyl sites for hydroxylation is 1. The van der Waals surface area contributed by atoms with Crippen LogP contribution in [0.1, 0.15) is 41.0 Å². The average molecular weight is 308 g/mol. The first kappa shape index (κ1) is 14.1. The molecule has 0 radical (unpaired) electrons. The lowest BCUT2D eigenvalue weighted by molar-refractivity contribution is 0.168. The van der Waals surface area contributed by atoms with E-state index in [1.807, 2.05) is 35.6 Å².